The molecule has 1 saturated carbocycles. The molecule has 2 aromatic rings. The van der Waals surface area contributed by atoms with Crippen molar-refractivity contribution < 1.29 is 5.21 Å². The minimum absolute atomic E-state index is 0.153. The number of hydrogen-bond acceptors (Lipinski definition) is 6. The summed E-state index contributed by atoms with van der Waals surface area (Å²) in [5.41, 5.74) is 8.03. The first-order valence-corrected chi connectivity index (χ1v) is 9.96. The van der Waals surface area contributed by atoms with Gasteiger partial charge in [0.25, 0.3) is 0 Å². The molecule has 0 unspecified atom stereocenters. The number of nitrogens with zero attached hydrogens (tertiary/aromatic N) is 7. The highest BCUT2D eigenvalue weighted by Crippen LogP contribution is 2.35. The molecule has 10 heteroatoms. The Labute approximate surface area is 168 Å². The van der Waals surface area contributed by atoms with Crippen LogP contribution in [0.15, 0.2) is 23.4 Å². The SMILES string of the molecule is N/C(=N\O)N1CCN(c2nnc3n2-c2ccc(Cl)cc2CN(C2CC2)C3)CC1. The maximum Gasteiger partial charge on any atom is 0.233 e. The molecule has 1 saturated heterocycles. The monoisotopic (exact) mass is 402 g/mol. The van der Waals surface area contributed by atoms with Crippen molar-refractivity contribution in [3.05, 3.63) is 34.6 Å². The average molecular weight is 403 g/mol. The maximum atomic E-state index is 8.90. The van der Waals surface area contributed by atoms with Gasteiger partial charge in [-0.3, -0.25) is 9.47 Å². The number of nitrogens with two attached hydrogens (primary N) is 1. The first-order valence-electron chi connectivity index (χ1n) is 9.58. The van der Waals surface area contributed by atoms with E-state index in [1.165, 1.54) is 18.4 Å². The number of rotatable bonds is 2. The zero-order chi connectivity index (χ0) is 19.3. The molecule has 9 nitrogen and oxygen atoms in total. The number of benzene rings is 1. The van der Waals surface area contributed by atoms with Crippen LogP contribution in [0.2, 0.25) is 5.02 Å². The van der Waals surface area contributed by atoms with Gasteiger partial charge in [-0.15, -0.1) is 10.2 Å². The minimum Gasteiger partial charge on any atom is -0.408 e. The Balaban J connectivity index is 1.50. The summed E-state index contributed by atoms with van der Waals surface area (Å²) in [6.45, 7) is 4.45. The molecule has 2 aliphatic heterocycles. The summed E-state index contributed by atoms with van der Waals surface area (Å²) >= 11 is 6.30. The average Bonchev–Trinajstić information content (AvgIpc) is 3.50. The lowest BCUT2D eigenvalue weighted by Crippen LogP contribution is -2.51. The minimum atomic E-state index is 0.153. The number of guanidine groups is 1. The number of piperazine rings is 1. The fourth-order valence-electron chi connectivity index (χ4n) is 4.11. The highest BCUT2D eigenvalue weighted by atomic mass is 35.5. The summed E-state index contributed by atoms with van der Waals surface area (Å²) < 4.78 is 2.17. The number of fused-ring (bicyclic) bond motifs is 3. The van der Waals surface area contributed by atoms with Gasteiger partial charge in [0.05, 0.1) is 12.2 Å². The normalized spacial score (nSPS) is 20.7. The summed E-state index contributed by atoms with van der Waals surface area (Å²) in [4.78, 5) is 6.55. The van der Waals surface area contributed by atoms with Crippen LogP contribution in [0.3, 0.4) is 0 Å². The van der Waals surface area contributed by atoms with Crippen molar-refractivity contribution in [1.82, 2.24) is 24.6 Å². The van der Waals surface area contributed by atoms with Gasteiger partial charge in [0.15, 0.2) is 5.82 Å². The van der Waals surface area contributed by atoms with Crippen LogP contribution in [0.25, 0.3) is 5.69 Å². The van der Waals surface area contributed by atoms with Crippen molar-refractivity contribution in [3.8, 4) is 5.69 Å². The number of hydrogen-bond donors (Lipinski definition) is 2. The largest absolute Gasteiger partial charge is 0.408 e. The summed E-state index contributed by atoms with van der Waals surface area (Å²) in [7, 11) is 0. The Morgan fingerprint density at radius 2 is 1.93 bits per heavy atom. The lowest BCUT2D eigenvalue weighted by Gasteiger charge is -2.35. The second-order valence-electron chi connectivity index (χ2n) is 7.59. The molecule has 0 radical (unpaired) electrons. The Bertz CT molecular complexity index is 916. The summed E-state index contributed by atoms with van der Waals surface area (Å²) in [5, 5.41) is 21.8. The molecule has 1 aromatic carbocycles. The highest BCUT2D eigenvalue weighted by Gasteiger charge is 2.34. The zero-order valence-corrected chi connectivity index (χ0v) is 16.3. The predicted molar refractivity (Wildman–Crippen MR) is 106 cm³/mol. The van der Waals surface area contributed by atoms with E-state index in [9.17, 15) is 0 Å². The second-order valence-corrected chi connectivity index (χ2v) is 8.03. The van der Waals surface area contributed by atoms with Gasteiger partial charge in [0.2, 0.25) is 11.9 Å². The second kappa shape index (κ2) is 6.82. The molecular formula is C18H23ClN8O. The van der Waals surface area contributed by atoms with Crippen LogP contribution in [0.1, 0.15) is 24.2 Å². The fourth-order valence-corrected chi connectivity index (χ4v) is 4.31. The Kier molecular flexibility index (Phi) is 4.28. The van der Waals surface area contributed by atoms with Crippen molar-refractivity contribution in [2.75, 3.05) is 31.1 Å². The molecule has 0 spiro atoms. The molecule has 0 bridgehead atoms. The standard InChI is InChI=1S/C18H23ClN8O/c19-13-1-4-15-12(9-13)10-26(14-2-3-14)11-16-21-22-18(27(15)16)25-7-5-24(6-8-25)17(20)23-28/h1,4,9,14,28H,2-3,5-8,10-11H2,(H2,20,23). The first-order chi connectivity index (χ1) is 13.6. The van der Waals surface area contributed by atoms with E-state index >= 15 is 0 Å². The van der Waals surface area contributed by atoms with Gasteiger partial charge in [-0.1, -0.05) is 16.8 Å². The summed E-state index contributed by atoms with van der Waals surface area (Å²) in [6, 6.07) is 6.68. The third kappa shape index (κ3) is 3.04. The first kappa shape index (κ1) is 17.6. The number of anilines is 1. The topological polar surface area (TPSA) is 99.0 Å². The lowest BCUT2D eigenvalue weighted by molar-refractivity contribution is 0.243. The van der Waals surface area contributed by atoms with E-state index in [1.54, 1.807) is 0 Å². The molecule has 3 heterocycles. The number of oxime groups is 1. The molecule has 3 N–H and O–H groups in total. The van der Waals surface area contributed by atoms with E-state index in [0.29, 0.717) is 19.1 Å². The van der Waals surface area contributed by atoms with E-state index in [2.05, 4.69) is 41.9 Å². The van der Waals surface area contributed by atoms with Crippen LogP contribution in [-0.4, -0.2) is 68.0 Å². The van der Waals surface area contributed by atoms with Crippen LogP contribution in [0.4, 0.5) is 5.95 Å². The van der Waals surface area contributed by atoms with Crippen molar-refractivity contribution in [3.63, 3.8) is 0 Å². The Morgan fingerprint density at radius 1 is 1.14 bits per heavy atom. The van der Waals surface area contributed by atoms with Crippen LogP contribution >= 0.6 is 11.6 Å². The molecule has 148 valence electrons. The molecule has 3 aliphatic rings. The lowest BCUT2D eigenvalue weighted by atomic mass is 10.1. The van der Waals surface area contributed by atoms with Gasteiger partial charge >= 0.3 is 0 Å². The third-order valence-corrected chi connectivity index (χ3v) is 6.00. The molecule has 1 aliphatic carbocycles. The van der Waals surface area contributed by atoms with E-state index in [0.717, 1.165) is 48.7 Å². The van der Waals surface area contributed by atoms with Gasteiger partial charge in [0.1, 0.15) is 0 Å². The molecule has 5 rings (SSSR count). The van der Waals surface area contributed by atoms with Crippen molar-refractivity contribution >= 4 is 23.5 Å². The predicted octanol–water partition coefficient (Wildman–Crippen LogP) is 1.22. The van der Waals surface area contributed by atoms with Crippen LogP contribution in [-0.2, 0) is 13.1 Å². The Morgan fingerprint density at radius 3 is 2.64 bits per heavy atom. The van der Waals surface area contributed by atoms with Gasteiger partial charge < -0.3 is 20.7 Å². The fraction of sp³-hybridized carbons (Fsp3) is 0.500. The van der Waals surface area contributed by atoms with E-state index in [1.807, 2.05) is 11.0 Å². The Hall–Kier alpha value is -2.52. The quantitative estimate of drug-likeness (QED) is 0.337. The van der Waals surface area contributed by atoms with Gasteiger partial charge in [-0.25, -0.2) is 0 Å². The van der Waals surface area contributed by atoms with E-state index < -0.39 is 0 Å². The summed E-state index contributed by atoms with van der Waals surface area (Å²) in [5.74, 6) is 1.96. The molecular weight excluding hydrogens is 380 g/mol. The van der Waals surface area contributed by atoms with Gasteiger partial charge in [0, 0.05) is 43.8 Å². The van der Waals surface area contributed by atoms with Crippen molar-refractivity contribution in [1.29, 1.82) is 0 Å². The molecule has 0 amide bonds. The highest BCUT2D eigenvalue weighted by molar-refractivity contribution is 6.30. The van der Waals surface area contributed by atoms with Crippen LogP contribution < -0.4 is 10.6 Å². The smallest absolute Gasteiger partial charge is 0.233 e. The molecule has 1 aromatic heterocycles. The molecule has 28 heavy (non-hydrogen) atoms. The summed E-state index contributed by atoms with van der Waals surface area (Å²) in [6.07, 6.45) is 2.49. The maximum absolute atomic E-state index is 8.90. The molecule has 2 fully saturated rings. The third-order valence-electron chi connectivity index (χ3n) is 5.77. The van der Waals surface area contributed by atoms with Crippen LogP contribution in [0, 0.1) is 0 Å². The molecule has 0 atom stereocenters. The van der Waals surface area contributed by atoms with Crippen LogP contribution in [0.5, 0.6) is 0 Å². The van der Waals surface area contributed by atoms with Gasteiger partial charge in [-0.2, -0.15) is 0 Å². The number of halogens is 1. The van der Waals surface area contributed by atoms with Gasteiger partial charge in [-0.05, 0) is 36.6 Å². The number of aromatic nitrogens is 3. The zero-order valence-electron chi connectivity index (χ0n) is 15.5. The van der Waals surface area contributed by atoms with Crippen molar-refractivity contribution in [2.24, 2.45) is 10.9 Å². The van der Waals surface area contributed by atoms with Crippen molar-refractivity contribution in [2.45, 2.75) is 32.0 Å². The van der Waals surface area contributed by atoms with E-state index in [4.69, 9.17) is 22.5 Å². The van der Waals surface area contributed by atoms with E-state index in [-0.39, 0.29) is 5.96 Å².